The van der Waals surface area contributed by atoms with Crippen LogP contribution in [0.25, 0.3) is 0 Å². The van der Waals surface area contributed by atoms with Crippen LogP contribution in [0.2, 0.25) is 0 Å². The van der Waals surface area contributed by atoms with Crippen molar-refractivity contribution in [1.29, 1.82) is 0 Å². The molecule has 0 aromatic carbocycles. The Morgan fingerprint density at radius 1 is 1.56 bits per heavy atom. The van der Waals surface area contributed by atoms with Gasteiger partial charge in [0, 0.05) is 17.3 Å². The first-order chi connectivity index (χ1) is 8.60. The molecule has 0 heterocycles. The molecule has 0 bridgehead atoms. The molecule has 18 heavy (non-hydrogen) atoms. The number of nitrogens with zero attached hydrogens (tertiary/aromatic N) is 1. The van der Waals surface area contributed by atoms with Gasteiger partial charge in [-0.15, -0.1) is 6.58 Å². The van der Waals surface area contributed by atoms with E-state index in [0.717, 1.165) is 31.3 Å². The first kappa shape index (κ1) is 14.8. The molecule has 2 radical (unpaired) electrons. The number of hydrogen-bond acceptors (Lipinski definition) is 2. The van der Waals surface area contributed by atoms with Crippen molar-refractivity contribution in [3.05, 3.63) is 36.1 Å². The second kappa shape index (κ2) is 7.25. The molecule has 0 spiro atoms. The molecule has 1 rings (SSSR count). The van der Waals surface area contributed by atoms with Crippen LogP contribution in [0, 0.1) is 0 Å². The number of aliphatic imine (C=N–C) groups is 1. The van der Waals surface area contributed by atoms with Crippen LogP contribution in [-0.4, -0.2) is 26.0 Å². The normalized spacial score (nSPS) is 19.8. The van der Waals surface area contributed by atoms with Crippen LogP contribution >= 0.6 is 0 Å². The van der Waals surface area contributed by atoms with Crippen LogP contribution in [-0.2, 0) is 0 Å². The zero-order chi connectivity index (χ0) is 13.5. The zero-order valence-corrected chi connectivity index (χ0v) is 11.6. The maximum atomic E-state index is 6.01. The molecule has 0 saturated heterocycles. The van der Waals surface area contributed by atoms with Gasteiger partial charge >= 0.3 is 0 Å². The molecular weight excluding hydrogens is 219 g/mol. The van der Waals surface area contributed by atoms with Crippen molar-refractivity contribution in [2.75, 3.05) is 6.54 Å². The van der Waals surface area contributed by atoms with Crippen molar-refractivity contribution in [3.63, 3.8) is 0 Å². The molecule has 0 aromatic rings. The number of nitrogens with one attached hydrogen (secondary N) is 1. The fourth-order valence-electron chi connectivity index (χ4n) is 2.15. The lowest BCUT2D eigenvalue weighted by Crippen LogP contribution is -2.32. The van der Waals surface area contributed by atoms with E-state index in [4.69, 9.17) is 7.85 Å². The smallest absolute Gasteiger partial charge is 0.105 e. The fourth-order valence-corrected chi connectivity index (χ4v) is 2.15. The van der Waals surface area contributed by atoms with Gasteiger partial charge in [-0.1, -0.05) is 25.2 Å². The van der Waals surface area contributed by atoms with Crippen molar-refractivity contribution < 1.29 is 0 Å². The average molecular weight is 242 g/mol. The summed E-state index contributed by atoms with van der Waals surface area (Å²) < 4.78 is 0. The van der Waals surface area contributed by atoms with Gasteiger partial charge in [-0.05, 0) is 38.2 Å². The van der Waals surface area contributed by atoms with Gasteiger partial charge in [0.25, 0.3) is 0 Å². The van der Waals surface area contributed by atoms with Gasteiger partial charge in [-0.2, -0.15) is 0 Å². The molecule has 0 aromatic heterocycles. The molecule has 0 saturated carbocycles. The molecule has 2 nitrogen and oxygen atoms in total. The van der Waals surface area contributed by atoms with E-state index in [1.165, 1.54) is 17.0 Å². The lowest BCUT2D eigenvalue weighted by molar-refractivity contribution is 0.693. The second-order valence-electron chi connectivity index (χ2n) is 4.71. The molecule has 0 fully saturated rings. The number of rotatable bonds is 6. The lowest BCUT2D eigenvalue weighted by Gasteiger charge is -2.26. The number of allylic oxidation sites excluding steroid dienone is 2. The van der Waals surface area contributed by atoms with E-state index < -0.39 is 0 Å². The van der Waals surface area contributed by atoms with Crippen LogP contribution in [0.5, 0.6) is 0 Å². The largest absolute Gasteiger partial charge is 0.390 e. The SMILES string of the molecule is [B]C(NC1=C(CC)C(=NCC=C)CCC1)C(=C)C. The van der Waals surface area contributed by atoms with Crippen LogP contribution in [0.15, 0.2) is 41.1 Å². The van der Waals surface area contributed by atoms with Crippen molar-refractivity contribution in [2.45, 2.75) is 45.5 Å². The maximum absolute atomic E-state index is 6.01. The highest BCUT2D eigenvalue weighted by atomic mass is 14.9. The minimum absolute atomic E-state index is 0.166. The molecule has 0 amide bonds. The van der Waals surface area contributed by atoms with E-state index in [2.05, 4.69) is 30.4 Å². The van der Waals surface area contributed by atoms with E-state index in [0.29, 0.717) is 6.54 Å². The van der Waals surface area contributed by atoms with Crippen LogP contribution < -0.4 is 5.32 Å². The summed E-state index contributed by atoms with van der Waals surface area (Å²) in [6, 6.07) is 0. The Kier molecular flexibility index (Phi) is 5.96. The van der Waals surface area contributed by atoms with Crippen LogP contribution in [0.3, 0.4) is 0 Å². The zero-order valence-electron chi connectivity index (χ0n) is 11.6. The third-order valence-electron chi connectivity index (χ3n) is 3.18. The van der Waals surface area contributed by atoms with Crippen LogP contribution in [0.1, 0.15) is 39.5 Å². The third kappa shape index (κ3) is 3.90. The predicted octanol–water partition coefficient (Wildman–Crippen LogP) is 3.12. The maximum Gasteiger partial charge on any atom is 0.105 e. The highest BCUT2D eigenvalue weighted by molar-refractivity contribution is 6.13. The van der Waals surface area contributed by atoms with Gasteiger partial charge in [0.2, 0.25) is 0 Å². The minimum atomic E-state index is -0.166. The van der Waals surface area contributed by atoms with Gasteiger partial charge in [0.1, 0.15) is 7.85 Å². The first-order valence-corrected chi connectivity index (χ1v) is 6.64. The third-order valence-corrected chi connectivity index (χ3v) is 3.18. The van der Waals surface area contributed by atoms with Crippen molar-refractivity contribution in [1.82, 2.24) is 5.32 Å². The Morgan fingerprint density at radius 2 is 2.28 bits per heavy atom. The molecule has 0 aliphatic heterocycles. The number of hydrogen-bond donors (Lipinski definition) is 1. The highest BCUT2D eigenvalue weighted by Gasteiger charge is 2.18. The molecule has 96 valence electrons. The standard InChI is InChI=1S/C15H23BN2/c1-5-10-17-13-8-7-9-14(12(13)6-2)18-15(16)11(3)4/h5,15,18H,1,3,6-10H2,2,4H3. The summed E-state index contributed by atoms with van der Waals surface area (Å²) in [4.78, 5) is 4.59. The van der Waals surface area contributed by atoms with Crippen molar-refractivity contribution >= 4 is 13.6 Å². The van der Waals surface area contributed by atoms with E-state index in [1.807, 2.05) is 13.0 Å². The first-order valence-electron chi connectivity index (χ1n) is 6.64. The summed E-state index contributed by atoms with van der Waals surface area (Å²) >= 11 is 0. The summed E-state index contributed by atoms with van der Waals surface area (Å²) in [6.07, 6.45) is 6.06. The topological polar surface area (TPSA) is 24.4 Å². The van der Waals surface area contributed by atoms with Gasteiger partial charge in [-0.25, -0.2) is 0 Å². The molecule has 3 heteroatoms. The Labute approximate surface area is 112 Å². The summed E-state index contributed by atoms with van der Waals surface area (Å²) in [5.74, 6) is -0.166. The van der Waals surface area contributed by atoms with Crippen LogP contribution in [0.4, 0.5) is 0 Å². The van der Waals surface area contributed by atoms with E-state index in [-0.39, 0.29) is 5.94 Å². The van der Waals surface area contributed by atoms with E-state index >= 15 is 0 Å². The average Bonchev–Trinajstić information content (AvgIpc) is 2.36. The van der Waals surface area contributed by atoms with Gasteiger partial charge in [0.05, 0.1) is 6.54 Å². The fraction of sp³-hybridized carbons (Fsp3) is 0.533. The molecule has 1 atom stereocenters. The molecule has 1 N–H and O–H groups in total. The van der Waals surface area contributed by atoms with Crippen molar-refractivity contribution in [3.8, 4) is 0 Å². The predicted molar refractivity (Wildman–Crippen MR) is 81.2 cm³/mol. The summed E-state index contributed by atoms with van der Waals surface area (Å²) in [7, 11) is 6.01. The molecule has 1 unspecified atom stereocenters. The van der Waals surface area contributed by atoms with Gasteiger partial charge < -0.3 is 5.32 Å². The van der Waals surface area contributed by atoms with E-state index in [1.54, 1.807) is 0 Å². The van der Waals surface area contributed by atoms with Crippen molar-refractivity contribution in [2.24, 2.45) is 4.99 Å². The Balaban J connectivity index is 2.92. The Bertz CT molecular complexity index is 380. The quantitative estimate of drug-likeness (QED) is 0.561. The minimum Gasteiger partial charge on any atom is -0.390 e. The van der Waals surface area contributed by atoms with Gasteiger partial charge in [0.15, 0.2) is 0 Å². The Hall–Kier alpha value is -1.25. The van der Waals surface area contributed by atoms with E-state index in [9.17, 15) is 0 Å². The molecule has 1 aliphatic carbocycles. The Morgan fingerprint density at radius 3 is 2.83 bits per heavy atom. The lowest BCUT2D eigenvalue weighted by atomic mass is 9.87. The second-order valence-corrected chi connectivity index (χ2v) is 4.71. The summed E-state index contributed by atoms with van der Waals surface area (Å²) in [6.45, 7) is 12.4. The van der Waals surface area contributed by atoms with Gasteiger partial charge in [-0.3, -0.25) is 4.99 Å². The molecular formula is C15H23BN2. The highest BCUT2D eigenvalue weighted by Crippen LogP contribution is 2.24. The summed E-state index contributed by atoms with van der Waals surface area (Å²) in [5.41, 5.74) is 4.72. The molecule has 1 aliphatic rings. The summed E-state index contributed by atoms with van der Waals surface area (Å²) in [5, 5.41) is 3.38. The monoisotopic (exact) mass is 242 g/mol.